The first-order valence-electron chi connectivity index (χ1n) is 8.07. The molecule has 2 N–H and O–H groups in total. The number of carboxylic acid groups (broad SMARTS) is 1. The molecule has 5 nitrogen and oxygen atoms in total. The van der Waals surface area contributed by atoms with Crippen LogP contribution < -0.4 is 5.32 Å². The highest BCUT2D eigenvalue weighted by atomic mass is 35.5. The number of benzene rings is 1. The molecule has 8 heteroatoms. The number of halogens is 2. The molecule has 1 aromatic heterocycles. The Morgan fingerprint density at radius 2 is 1.92 bits per heavy atom. The normalized spacial score (nSPS) is 26.2. The first-order chi connectivity index (χ1) is 12.4. The summed E-state index contributed by atoms with van der Waals surface area (Å²) < 4.78 is 0. The molecule has 0 unspecified atom stereocenters. The Bertz CT molecular complexity index is 927. The number of rotatable bonds is 4. The van der Waals surface area contributed by atoms with E-state index in [4.69, 9.17) is 23.2 Å². The number of amides is 1. The molecule has 0 radical (unpaired) electrons. The Morgan fingerprint density at radius 1 is 1.19 bits per heavy atom. The molecule has 1 aromatic carbocycles. The van der Waals surface area contributed by atoms with Gasteiger partial charge in [-0.3, -0.25) is 9.59 Å². The Hall–Kier alpha value is -1.89. The molecule has 4 rings (SSSR count). The number of allylic oxidation sites excluding steroid dienone is 2. The Kier molecular flexibility index (Phi) is 4.50. The van der Waals surface area contributed by atoms with Crippen molar-refractivity contribution in [2.24, 2.45) is 23.7 Å². The molecule has 4 atom stereocenters. The summed E-state index contributed by atoms with van der Waals surface area (Å²) in [5.41, 5.74) is 1.36. The fraction of sp³-hybridized carbons (Fsp3) is 0.278. The lowest BCUT2D eigenvalue weighted by Crippen LogP contribution is -2.36. The van der Waals surface area contributed by atoms with Crippen LogP contribution in [0.4, 0.5) is 5.13 Å². The third-order valence-electron chi connectivity index (χ3n) is 4.99. The average Bonchev–Trinajstić information content (AvgIpc) is 3.29. The van der Waals surface area contributed by atoms with Crippen LogP contribution in [0.1, 0.15) is 6.42 Å². The van der Waals surface area contributed by atoms with Gasteiger partial charge in [0.05, 0.1) is 22.6 Å². The fourth-order valence-corrected chi connectivity index (χ4v) is 5.08. The molecule has 2 aliphatic rings. The third-order valence-corrected chi connectivity index (χ3v) is 6.29. The van der Waals surface area contributed by atoms with Crippen LogP contribution in [0.15, 0.2) is 35.7 Å². The number of aliphatic carboxylic acids is 1. The van der Waals surface area contributed by atoms with Crippen molar-refractivity contribution in [2.75, 3.05) is 5.32 Å². The van der Waals surface area contributed by atoms with E-state index in [0.717, 1.165) is 12.0 Å². The number of carboxylic acids is 1. The average molecular weight is 409 g/mol. The maximum atomic E-state index is 12.7. The van der Waals surface area contributed by atoms with E-state index in [9.17, 15) is 14.7 Å². The van der Waals surface area contributed by atoms with Crippen molar-refractivity contribution in [3.05, 3.63) is 45.8 Å². The van der Waals surface area contributed by atoms with E-state index in [0.29, 0.717) is 20.9 Å². The number of nitrogens with one attached hydrogen (secondary N) is 1. The topological polar surface area (TPSA) is 79.3 Å². The fourth-order valence-electron chi connectivity index (χ4n) is 3.86. The number of nitrogens with zero attached hydrogens (tertiary/aromatic N) is 1. The second kappa shape index (κ2) is 6.68. The van der Waals surface area contributed by atoms with E-state index in [1.54, 1.807) is 23.6 Å². The van der Waals surface area contributed by atoms with E-state index >= 15 is 0 Å². The molecule has 1 amide bonds. The van der Waals surface area contributed by atoms with Crippen molar-refractivity contribution >= 4 is 51.5 Å². The van der Waals surface area contributed by atoms with Crippen molar-refractivity contribution in [3.63, 3.8) is 0 Å². The van der Waals surface area contributed by atoms with Gasteiger partial charge in [0.1, 0.15) is 0 Å². The van der Waals surface area contributed by atoms with Crippen molar-refractivity contribution in [1.82, 2.24) is 4.98 Å². The highest BCUT2D eigenvalue weighted by Gasteiger charge is 2.51. The first kappa shape index (κ1) is 17.5. The second-order valence-corrected chi connectivity index (χ2v) is 8.19. The number of carbonyl (C=O) groups excluding carboxylic acids is 1. The van der Waals surface area contributed by atoms with E-state index in [1.165, 1.54) is 11.3 Å². The summed E-state index contributed by atoms with van der Waals surface area (Å²) >= 11 is 13.4. The molecule has 26 heavy (non-hydrogen) atoms. The van der Waals surface area contributed by atoms with Crippen LogP contribution in [0.2, 0.25) is 10.0 Å². The monoisotopic (exact) mass is 408 g/mol. The number of aromatic nitrogens is 1. The lowest BCUT2D eigenvalue weighted by molar-refractivity contribution is -0.146. The van der Waals surface area contributed by atoms with Crippen molar-refractivity contribution in [1.29, 1.82) is 0 Å². The van der Waals surface area contributed by atoms with Gasteiger partial charge in [-0.15, -0.1) is 11.3 Å². The number of carbonyl (C=O) groups is 2. The minimum absolute atomic E-state index is 0.0220. The molecule has 0 spiro atoms. The largest absolute Gasteiger partial charge is 0.481 e. The number of hydrogen-bond acceptors (Lipinski definition) is 4. The first-order valence-corrected chi connectivity index (χ1v) is 9.70. The molecule has 134 valence electrons. The summed E-state index contributed by atoms with van der Waals surface area (Å²) in [5, 5.41) is 15.5. The Balaban J connectivity index is 1.53. The molecule has 2 aliphatic carbocycles. The molecule has 1 heterocycles. The van der Waals surface area contributed by atoms with Gasteiger partial charge in [0.25, 0.3) is 0 Å². The van der Waals surface area contributed by atoms with Crippen LogP contribution >= 0.6 is 34.5 Å². The molecule has 1 fully saturated rings. The zero-order valence-electron chi connectivity index (χ0n) is 13.4. The van der Waals surface area contributed by atoms with Gasteiger partial charge in [-0.05, 0) is 36.5 Å². The predicted molar refractivity (Wildman–Crippen MR) is 102 cm³/mol. The molecule has 0 aliphatic heterocycles. The van der Waals surface area contributed by atoms with Crippen LogP contribution in [0, 0.1) is 23.7 Å². The minimum Gasteiger partial charge on any atom is -0.481 e. The Morgan fingerprint density at radius 3 is 2.62 bits per heavy atom. The van der Waals surface area contributed by atoms with E-state index in [2.05, 4.69) is 10.3 Å². The molecular formula is C18H14Cl2N2O3S. The maximum absolute atomic E-state index is 12.7. The van der Waals surface area contributed by atoms with Gasteiger partial charge in [-0.1, -0.05) is 35.4 Å². The van der Waals surface area contributed by atoms with Crippen LogP contribution in [0.25, 0.3) is 11.3 Å². The van der Waals surface area contributed by atoms with Gasteiger partial charge < -0.3 is 10.4 Å². The molecular weight excluding hydrogens is 395 g/mol. The van der Waals surface area contributed by atoms with Crippen LogP contribution in [-0.4, -0.2) is 22.0 Å². The summed E-state index contributed by atoms with van der Waals surface area (Å²) in [6.07, 6.45) is 4.59. The highest BCUT2D eigenvalue weighted by molar-refractivity contribution is 7.14. The van der Waals surface area contributed by atoms with E-state index < -0.39 is 17.8 Å². The summed E-state index contributed by atoms with van der Waals surface area (Å²) in [6.45, 7) is 0. The van der Waals surface area contributed by atoms with Gasteiger partial charge >= 0.3 is 5.97 Å². The van der Waals surface area contributed by atoms with Gasteiger partial charge in [-0.2, -0.15) is 0 Å². The quantitative estimate of drug-likeness (QED) is 0.725. The highest BCUT2D eigenvalue weighted by Crippen LogP contribution is 2.48. The standard InChI is InChI=1S/C18H14Cl2N2O3S/c19-10-3-4-11(12(20)6-10)13-7-26-18(21-13)22-16(23)14-8-1-2-9(5-8)15(14)17(24)25/h1-4,6-9,14-15H,5H2,(H,24,25)(H,21,22,23)/t8-,9-,14-,15+/m0/s1. The smallest absolute Gasteiger partial charge is 0.307 e. The molecule has 2 aromatic rings. The van der Waals surface area contributed by atoms with Gasteiger partial charge in [0.15, 0.2) is 5.13 Å². The lowest BCUT2D eigenvalue weighted by atomic mass is 9.82. The number of anilines is 1. The molecule has 1 saturated carbocycles. The van der Waals surface area contributed by atoms with Gasteiger partial charge in [0, 0.05) is 16.0 Å². The number of thiazole rings is 1. The predicted octanol–water partition coefficient (Wildman–Crippen LogP) is 4.58. The summed E-state index contributed by atoms with van der Waals surface area (Å²) in [6, 6.07) is 5.13. The lowest BCUT2D eigenvalue weighted by Gasteiger charge is -2.23. The van der Waals surface area contributed by atoms with E-state index in [1.807, 2.05) is 12.2 Å². The van der Waals surface area contributed by atoms with Crippen LogP contribution in [0.3, 0.4) is 0 Å². The number of hydrogen-bond donors (Lipinski definition) is 2. The van der Waals surface area contributed by atoms with Crippen molar-refractivity contribution in [3.8, 4) is 11.3 Å². The van der Waals surface area contributed by atoms with Gasteiger partial charge in [0.2, 0.25) is 5.91 Å². The summed E-state index contributed by atoms with van der Waals surface area (Å²) in [7, 11) is 0. The van der Waals surface area contributed by atoms with Gasteiger partial charge in [-0.25, -0.2) is 4.98 Å². The SMILES string of the molecule is O=C(Nc1nc(-c2ccc(Cl)cc2Cl)cs1)[C@@H]1[C@H](C(=O)O)[C@H]2C=C[C@H]1C2. The number of fused-ring (bicyclic) bond motifs is 2. The maximum Gasteiger partial charge on any atom is 0.307 e. The third kappa shape index (κ3) is 3.02. The van der Waals surface area contributed by atoms with Crippen molar-refractivity contribution < 1.29 is 14.7 Å². The molecule has 0 saturated heterocycles. The van der Waals surface area contributed by atoms with Crippen LogP contribution in [-0.2, 0) is 9.59 Å². The Labute approximate surface area is 163 Å². The summed E-state index contributed by atoms with van der Waals surface area (Å²) in [4.78, 5) is 28.7. The summed E-state index contributed by atoms with van der Waals surface area (Å²) in [5.74, 6) is -2.53. The minimum atomic E-state index is -0.922. The van der Waals surface area contributed by atoms with Crippen LogP contribution in [0.5, 0.6) is 0 Å². The van der Waals surface area contributed by atoms with E-state index in [-0.39, 0.29) is 17.7 Å². The van der Waals surface area contributed by atoms with Crippen molar-refractivity contribution in [2.45, 2.75) is 6.42 Å². The zero-order chi connectivity index (χ0) is 18.4. The zero-order valence-corrected chi connectivity index (χ0v) is 15.7. The molecule has 2 bridgehead atoms. The second-order valence-electron chi connectivity index (χ2n) is 6.49.